The van der Waals surface area contributed by atoms with Gasteiger partial charge in [-0.25, -0.2) is 4.57 Å². The molecule has 0 bridgehead atoms. The highest BCUT2D eigenvalue weighted by Crippen LogP contribution is 2.24. The molecule has 1 N–H and O–H groups in total. The largest absolute Gasteiger partial charge is 0.351 e. The topological polar surface area (TPSA) is 81.3 Å². The van der Waals surface area contributed by atoms with Gasteiger partial charge in [-0.3, -0.25) is 14.0 Å². The van der Waals surface area contributed by atoms with Crippen LogP contribution in [0, 0.1) is 6.92 Å². The van der Waals surface area contributed by atoms with Crippen LogP contribution in [0.15, 0.2) is 58.5 Å². The monoisotopic (exact) mass is 435 g/mol. The van der Waals surface area contributed by atoms with E-state index in [4.69, 9.17) is 0 Å². The fourth-order valence-electron chi connectivity index (χ4n) is 3.44. The second-order valence-corrected chi connectivity index (χ2v) is 9.08. The van der Waals surface area contributed by atoms with Crippen molar-refractivity contribution in [2.24, 2.45) is 0 Å². The van der Waals surface area contributed by atoms with E-state index in [0.29, 0.717) is 21.8 Å². The third kappa shape index (κ3) is 3.95. The number of rotatable bonds is 6. The lowest BCUT2D eigenvalue weighted by Crippen LogP contribution is -2.43. The Bertz CT molecular complexity index is 1340. The number of aromatic nitrogens is 4. The summed E-state index contributed by atoms with van der Waals surface area (Å²) < 4.78 is 3.45. The number of aryl methyl sites for hydroxylation is 1. The van der Waals surface area contributed by atoms with E-state index < -0.39 is 0 Å². The van der Waals surface area contributed by atoms with E-state index in [1.165, 1.54) is 11.8 Å². The van der Waals surface area contributed by atoms with E-state index in [9.17, 15) is 9.59 Å². The van der Waals surface area contributed by atoms with Crippen LogP contribution < -0.4 is 10.9 Å². The van der Waals surface area contributed by atoms with Gasteiger partial charge in [-0.1, -0.05) is 49.0 Å². The SMILES string of the molecule is CCC(C)(C)NC(=O)CSc1nnc2n(-c3ccccc3C)c(=O)c3ccccc3n12. The molecule has 0 saturated carbocycles. The second-order valence-electron chi connectivity index (χ2n) is 8.14. The van der Waals surface area contributed by atoms with Crippen LogP contribution in [0.4, 0.5) is 0 Å². The van der Waals surface area contributed by atoms with Crippen molar-refractivity contribution >= 4 is 34.3 Å². The molecule has 0 aliphatic carbocycles. The zero-order valence-electron chi connectivity index (χ0n) is 18.0. The number of nitrogens with one attached hydrogen (secondary N) is 1. The first-order valence-corrected chi connectivity index (χ1v) is 11.2. The van der Waals surface area contributed by atoms with Gasteiger partial charge in [-0.15, -0.1) is 10.2 Å². The first-order valence-electron chi connectivity index (χ1n) is 10.2. The van der Waals surface area contributed by atoms with Crippen molar-refractivity contribution in [2.45, 2.75) is 44.8 Å². The molecule has 31 heavy (non-hydrogen) atoms. The fraction of sp³-hybridized carbons (Fsp3) is 0.304. The van der Waals surface area contributed by atoms with E-state index in [0.717, 1.165) is 17.7 Å². The standard InChI is InChI=1S/C23H25N5O2S/c1-5-23(3,4)24-19(29)14-31-22-26-25-21-27(17-12-8-6-10-15(17)2)20(30)16-11-7-9-13-18(16)28(21)22/h6-13H,5,14H2,1-4H3,(H,24,29). The smallest absolute Gasteiger partial charge is 0.267 e. The van der Waals surface area contributed by atoms with Crippen LogP contribution in [0.1, 0.15) is 32.8 Å². The highest BCUT2D eigenvalue weighted by Gasteiger charge is 2.21. The first kappa shape index (κ1) is 21.1. The third-order valence-corrected chi connectivity index (χ3v) is 6.37. The molecule has 4 rings (SSSR count). The van der Waals surface area contributed by atoms with Gasteiger partial charge in [-0.05, 0) is 51.0 Å². The molecular weight excluding hydrogens is 410 g/mol. The molecule has 2 aromatic carbocycles. The van der Waals surface area contributed by atoms with Gasteiger partial charge in [-0.2, -0.15) is 0 Å². The zero-order valence-corrected chi connectivity index (χ0v) is 18.9. The molecule has 0 radical (unpaired) electrons. The minimum Gasteiger partial charge on any atom is -0.351 e. The summed E-state index contributed by atoms with van der Waals surface area (Å²) >= 11 is 1.31. The highest BCUT2D eigenvalue weighted by atomic mass is 32.2. The lowest BCUT2D eigenvalue weighted by atomic mass is 10.0. The summed E-state index contributed by atoms with van der Waals surface area (Å²) in [5, 5.41) is 12.8. The van der Waals surface area contributed by atoms with Crippen molar-refractivity contribution < 1.29 is 4.79 Å². The molecule has 0 fully saturated rings. The number of nitrogens with zero attached hydrogens (tertiary/aromatic N) is 4. The van der Waals surface area contributed by atoms with Gasteiger partial charge in [0, 0.05) is 5.54 Å². The summed E-state index contributed by atoms with van der Waals surface area (Å²) in [6.07, 6.45) is 0.838. The Morgan fingerprint density at radius 2 is 1.81 bits per heavy atom. The molecule has 1 amide bonds. The number of para-hydroxylation sites is 2. The van der Waals surface area contributed by atoms with Gasteiger partial charge >= 0.3 is 0 Å². The number of carbonyl (C=O) groups excluding carboxylic acids is 1. The predicted octanol–water partition coefficient (Wildman–Crippen LogP) is 3.74. The van der Waals surface area contributed by atoms with Crippen LogP contribution in [-0.4, -0.2) is 36.4 Å². The molecule has 0 saturated heterocycles. The van der Waals surface area contributed by atoms with Crippen molar-refractivity contribution in [3.63, 3.8) is 0 Å². The molecule has 2 heterocycles. The summed E-state index contributed by atoms with van der Waals surface area (Å²) in [5.41, 5.74) is 2.02. The Labute approximate surface area is 184 Å². The van der Waals surface area contributed by atoms with Crippen molar-refractivity contribution in [1.82, 2.24) is 24.5 Å². The Hall–Kier alpha value is -3.13. The van der Waals surface area contributed by atoms with Gasteiger partial charge in [0.15, 0.2) is 5.16 Å². The molecule has 0 aliphatic heterocycles. The van der Waals surface area contributed by atoms with Crippen LogP contribution in [-0.2, 0) is 4.79 Å². The van der Waals surface area contributed by atoms with Gasteiger partial charge < -0.3 is 5.32 Å². The van der Waals surface area contributed by atoms with Crippen molar-refractivity contribution in [3.8, 4) is 5.69 Å². The number of benzene rings is 2. The minimum atomic E-state index is -0.261. The molecule has 7 nitrogen and oxygen atoms in total. The molecular formula is C23H25N5O2S. The highest BCUT2D eigenvalue weighted by molar-refractivity contribution is 7.99. The van der Waals surface area contributed by atoms with Crippen LogP contribution in [0.2, 0.25) is 0 Å². The van der Waals surface area contributed by atoms with Crippen LogP contribution in [0.5, 0.6) is 0 Å². The maximum Gasteiger partial charge on any atom is 0.267 e. The minimum absolute atomic E-state index is 0.0647. The van der Waals surface area contributed by atoms with Gasteiger partial charge in [0.2, 0.25) is 11.7 Å². The summed E-state index contributed by atoms with van der Waals surface area (Å²) in [4.78, 5) is 25.8. The molecule has 160 valence electrons. The van der Waals surface area contributed by atoms with Crippen LogP contribution in [0.25, 0.3) is 22.4 Å². The van der Waals surface area contributed by atoms with Gasteiger partial charge in [0.25, 0.3) is 5.56 Å². The summed E-state index contributed by atoms with van der Waals surface area (Å²) in [6.45, 7) is 7.99. The van der Waals surface area contributed by atoms with Crippen LogP contribution in [0.3, 0.4) is 0 Å². The van der Waals surface area contributed by atoms with E-state index in [1.54, 1.807) is 10.6 Å². The molecule has 0 unspecified atom stereocenters. The molecule has 0 aliphatic rings. The Morgan fingerprint density at radius 1 is 1.10 bits per heavy atom. The summed E-state index contributed by atoms with van der Waals surface area (Å²) in [6, 6.07) is 15.1. The van der Waals surface area contributed by atoms with Crippen molar-refractivity contribution in [3.05, 3.63) is 64.4 Å². The van der Waals surface area contributed by atoms with E-state index in [2.05, 4.69) is 15.5 Å². The Morgan fingerprint density at radius 3 is 2.55 bits per heavy atom. The average Bonchev–Trinajstić information content (AvgIpc) is 3.17. The lowest BCUT2D eigenvalue weighted by Gasteiger charge is -2.24. The normalized spacial score (nSPS) is 11.9. The first-order chi connectivity index (χ1) is 14.8. The summed E-state index contributed by atoms with van der Waals surface area (Å²) in [7, 11) is 0. The summed E-state index contributed by atoms with van der Waals surface area (Å²) in [5.74, 6) is 0.571. The maximum atomic E-state index is 13.4. The molecule has 0 spiro atoms. The van der Waals surface area contributed by atoms with Crippen LogP contribution >= 0.6 is 11.8 Å². The number of thioether (sulfide) groups is 1. The predicted molar refractivity (Wildman–Crippen MR) is 124 cm³/mol. The van der Waals surface area contributed by atoms with Gasteiger partial charge in [0.05, 0.1) is 22.3 Å². The second kappa shape index (κ2) is 8.19. The molecule has 0 atom stereocenters. The fourth-order valence-corrected chi connectivity index (χ4v) is 4.18. The molecule has 4 aromatic rings. The van der Waals surface area contributed by atoms with Crippen molar-refractivity contribution in [1.29, 1.82) is 0 Å². The average molecular weight is 436 g/mol. The number of hydrogen-bond acceptors (Lipinski definition) is 5. The number of amides is 1. The molecule has 8 heteroatoms. The van der Waals surface area contributed by atoms with Crippen molar-refractivity contribution in [2.75, 3.05) is 5.75 Å². The Balaban J connectivity index is 1.84. The number of hydrogen-bond donors (Lipinski definition) is 1. The quantitative estimate of drug-likeness (QED) is 0.467. The third-order valence-electron chi connectivity index (χ3n) is 5.45. The number of carbonyl (C=O) groups is 1. The van der Waals surface area contributed by atoms with E-state index in [-0.39, 0.29) is 22.8 Å². The lowest BCUT2D eigenvalue weighted by molar-refractivity contribution is -0.120. The Kier molecular flexibility index (Phi) is 5.58. The zero-order chi connectivity index (χ0) is 22.2. The van der Waals surface area contributed by atoms with E-state index >= 15 is 0 Å². The number of fused-ring (bicyclic) bond motifs is 3. The van der Waals surface area contributed by atoms with E-state index in [1.807, 2.05) is 74.6 Å². The maximum absolute atomic E-state index is 13.4. The van der Waals surface area contributed by atoms with Gasteiger partial charge in [0.1, 0.15) is 0 Å². The molecule has 2 aromatic heterocycles.